The number of nitrogens with zero attached hydrogens (tertiary/aromatic N) is 2. The standard InChI is InChI=1S/C19H20N4O6/c1-12-15(5-4-6-16(12)23(26)27)19(25)20-11-18(24)22-21-10-13-7-8-14(28-2)9-17(13)29-3/h4-10H,11H2,1-3H3,(H,20,25)(H,22,24)/b21-10+. The number of nitro groups is 1. The van der Waals surface area contributed by atoms with Crippen LogP contribution in [0.1, 0.15) is 21.5 Å². The van der Waals surface area contributed by atoms with Crippen LogP contribution in [0.3, 0.4) is 0 Å². The summed E-state index contributed by atoms with van der Waals surface area (Å²) in [6, 6.07) is 9.26. The molecule has 0 aromatic heterocycles. The van der Waals surface area contributed by atoms with Gasteiger partial charge in [-0.15, -0.1) is 0 Å². The van der Waals surface area contributed by atoms with Crippen LogP contribution in [0.5, 0.6) is 11.5 Å². The number of hydrogen-bond acceptors (Lipinski definition) is 7. The van der Waals surface area contributed by atoms with Crippen molar-refractivity contribution in [3.8, 4) is 11.5 Å². The van der Waals surface area contributed by atoms with E-state index in [4.69, 9.17) is 9.47 Å². The third kappa shape index (κ3) is 5.51. The topological polar surface area (TPSA) is 132 Å². The van der Waals surface area contributed by atoms with Crippen molar-refractivity contribution in [1.82, 2.24) is 10.7 Å². The van der Waals surface area contributed by atoms with E-state index in [9.17, 15) is 19.7 Å². The molecule has 152 valence electrons. The van der Waals surface area contributed by atoms with Crippen molar-refractivity contribution in [2.45, 2.75) is 6.92 Å². The number of rotatable bonds is 8. The molecule has 2 aromatic rings. The molecule has 0 aliphatic heterocycles. The second-order valence-electron chi connectivity index (χ2n) is 5.79. The van der Waals surface area contributed by atoms with Crippen LogP contribution >= 0.6 is 0 Å². The Balaban J connectivity index is 1.94. The first-order valence-corrected chi connectivity index (χ1v) is 8.43. The highest BCUT2D eigenvalue weighted by Crippen LogP contribution is 2.23. The van der Waals surface area contributed by atoms with Crippen LogP contribution in [0.25, 0.3) is 0 Å². The number of nitrogens with one attached hydrogen (secondary N) is 2. The molecule has 2 rings (SSSR count). The molecule has 0 aliphatic rings. The largest absolute Gasteiger partial charge is 0.497 e. The maximum Gasteiger partial charge on any atom is 0.273 e. The quantitative estimate of drug-likeness (QED) is 0.394. The van der Waals surface area contributed by atoms with Gasteiger partial charge in [-0.1, -0.05) is 6.07 Å². The van der Waals surface area contributed by atoms with E-state index >= 15 is 0 Å². The van der Waals surface area contributed by atoms with Crippen LogP contribution < -0.4 is 20.2 Å². The zero-order valence-corrected chi connectivity index (χ0v) is 16.1. The molecular formula is C19H20N4O6. The zero-order chi connectivity index (χ0) is 21.4. The fourth-order valence-corrected chi connectivity index (χ4v) is 2.46. The number of nitro benzene ring substituents is 1. The lowest BCUT2D eigenvalue weighted by Crippen LogP contribution is -2.35. The third-order valence-corrected chi connectivity index (χ3v) is 3.99. The lowest BCUT2D eigenvalue weighted by molar-refractivity contribution is -0.385. The first kappa shape index (κ1) is 21.4. The molecule has 0 heterocycles. The number of methoxy groups -OCH3 is 2. The molecule has 10 nitrogen and oxygen atoms in total. The molecule has 0 saturated heterocycles. The van der Waals surface area contributed by atoms with Gasteiger partial charge in [-0.05, 0) is 25.1 Å². The Hall–Kier alpha value is -3.95. The summed E-state index contributed by atoms with van der Waals surface area (Å²) in [5.41, 5.74) is 3.08. The summed E-state index contributed by atoms with van der Waals surface area (Å²) in [4.78, 5) is 34.5. The van der Waals surface area contributed by atoms with Gasteiger partial charge in [0.2, 0.25) is 0 Å². The lowest BCUT2D eigenvalue weighted by atomic mass is 10.1. The number of carbonyl (C=O) groups excluding carboxylic acids is 2. The SMILES string of the molecule is COc1ccc(/C=N/NC(=O)CNC(=O)c2cccc([N+](=O)[O-])c2C)c(OC)c1. The molecule has 0 spiro atoms. The van der Waals surface area contributed by atoms with Gasteiger partial charge in [0.25, 0.3) is 17.5 Å². The van der Waals surface area contributed by atoms with E-state index in [1.165, 1.54) is 45.6 Å². The summed E-state index contributed by atoms with van der Waals surface area (Å²) >= 11 is 0. The molecule has 0 radical (unpaired) electrons. The van der Waals surface area contributed by atoms with Gasteiger partial charge in [0.1, 0.15) is 11.5 Å². The summed E-state index contributed by atoms with van der Waals surface area (Å²) in [6.45, 7) is 1.12. The molecule has 0 aliphatic carbocycles. The van der Waals surface area contributed by atoms with E-state index in [0.717, 1.165) is 0 Å². The molecule has 0 saturated carbocycles. The Kier molecular flexibility index (Phi) is 7.24. The average molecular weight is 400 g/mol. The fourth-order valence-electron chi connectivity index (χ4n) is 2.46. The lowest BCUT2D eigenvalue weighted by Gasteiger charge is -2.08. The van der Waals surface area contributed by atoms with E-state index in [1.807, 2.05) is 0 Å². The van der Waals surface area contributed by atoms with Crippen molar-refractivity contribution in [3.63, 3.8) is 0 Å². The Morgan fingerprint density at radius 1 is 1.21 bits per heavy atom. The minimum atomic E-state index is -0.595. The third-order valence-electron chi connectivity index (χ3n) is 3.99. The number of benzene rings is 2. The molecule has 29 heavy (non-hydrogen) atoms. The maximum atomic E-state index is 12.2. The summed E-state index contributed by atoms with van der Waals surface area (Å²) in [5.74, 6) is -0.0358. The Labute approximate surface area is 166 Å². The van der Waals surface area contributed by atoms with E-state index in [0.29, 0.717) is 17.1 Å². The molecule has 2 amide bonds. The number of ether oxygens (including phenoxy) is 2. The highest BCUT2D eigenvalue weighted by molar-refractivity contribution is 5.98. The van der Waals surface area contributed by atoms with Gasteiger partial charge in [0, 0.05) is 28.8 Å². The van der Waals surface area contributed by atoms with E-state index in [-0.39, 0.29) is 23.4 Å². The van der Waals surface area contributed by atoms with Crippen molar-refractivity contribution in [3.05, 3.63) is 63.2 Å². The van der Waals surface area contributed by atoms with Gasteiger partial charge >= 0.3 is 0 Å². The van der Waals surface area contributed by atoms with Crippen molar-refractivity contribution in [2.24, 2.45) is 5.10 Å². The van der Waals surface area contributed by atoms with Crippen molar-refractivity contribution < 1.29 is 24.0 Å². The summed E-state index contributed by atoms with van der Waals surface area (Å²) in [7, 11) is 3.03. The molecule has 2 N–H and O–H groups in total. The van der Waals surface area contributed by atoms with Crippen LogP contribution in [0.15, 0.2) is 41.5 Å². The number of carbonyl (C=O) groups is 2. The molecule has 10 heteroatoms. The first-order valence-electron chi connectivity index (χ1n) is 8.43. The maximum absolute atomic E-state index is 12.2. The Morgan fingerprint density at radius 2 is 1.97 bits per heavy atom. The summed E-state index contributed by atoms with van der Waals surface area (Å²) in [5, 5.41) is 17.2. The molecule has 0 unspecified atom stereocenters. The van der Waals surface area contributed by atoms with Gasteiger partial charge in [-0.3, -0.25) is 19.7 Å². The molecule has 0 atom stereocenters. The number of amides is 2. The predicted octanol–water partition coefficient (Wildman–Crippen LogP) is 1.80. The van der Waals surface area contributed by atoms with Crippen LogP contribution in [0.4, 0.5) is 5.69 Å². The summed E-state index contributed by atoms with van der Waals surface area (Å²) in [6.07, 6.45) is 1.39. The smallest absolute Gasteiger partial charge is 0.273 e. The molecule has 0 fully saturated rings. The zero-order valence-electron chi connectivity index (χ0n) is 16.1. The highest BCUT2D eigenvalue weighted by atomic mass is 16.6. The molecule has 2 aromatic carbocycles. The fraction of sp³-hybridized carbons (Fsp3) is 0.211. The average Bonchev–Trinajstić information content (AvgIpc) is 2.72. The monoisotopic (exact) mass is 400 g/mol. The number of hydrogen-bond donors (Lipinski definition) is 2. The number of hydrazone groups is 1. The second-order valence-corrected chi connectivity index (χ2v) is 5.79. The minimum Gasteiger partial charge on any atom is -0.497 e. The normalized spacial score (nSPS) is 10.4. The predicted molar refractivity (Wildman–Crippen MR) is 105 cm³/mol. The Morgan fingerprint density at radius 3 is 2.62 bits per heavy atom. The van der Waals surface area contributed by atoms with Gasteiger partial charge in [0.05, 0.1) is 31.9 Å². The van der Waals surface area contributed by atoms with Crippen LogP contribution in [-0.4, -0.2) is 43.7 Å². The van der Waals surface area contributed by atoms with Crippen molar-refractivity contribution in [2.75, 3.05) is 20.8 Å². The van der Waals surface area contributed by atoms with E-state index in [1.54, 1.807) is 18.2 Å². The van der Waals surface area contributed by atoms with Gasteiger partial charge in [-0.25, -0.2) is 5.43 Å². The summed E-state index contributed by atoms with van der Waals surface area (Å²) < 4.78 is 10.3. The van der Waals surface area contributed by atoms with Crippen molar-refractivity contribution in [1.29, 1.82) is 0 Å². The minimum absolute atomic E-state index is 0.124. The van der Waals surface area contributed by atoms with Crippen LogP contribution in [0.2, 0.25) is 0 Å². The highest BCUT2D eigenvalue weighted by Gasteiger charge is 2.18. The van der Waals surface area contributed by atoms with E-state index in [2.05, 4.69) is 15.8 Å². The van der Waals surface area contributed by atoms with Gasteiger partial charge < -0.3 is 14.8 Å². The van der Waals surface area contributed by atoms with Crippen molar-refractivity contribution >= 4 is 23.7 Å². The molecular weight excluding hydrogens is 380 g/mol. The van der Waals surface area contributed by atoms with E-state index < -0.39 is 16.7 Å². The molecule has 0 bridgehead atoms. The van der Waals surface area contributed by atoms with Crippen LogP contribution in [-0.2, 0) is 4.79 Å². The van der Waals surface area contributed by atoms with Gasteiger partial charge in [0.15, 0.2) is 0 Å². The van der Waals surface area contributed by atoms with Crippen LogP contribution in [0, 0.1) is 17.0 Å². The second kappa shape index (κ2) is 9.83. The Bertz CT molecular complexity index is 958. The first-order chi connectivity index (χ1) is 13.9. The van der Waals surface area contributed by atoms with Gasteiger partial charge in [-0.2, -0.15) is 5.10 Å².